The van der Waals surface area contributed by atoms with Crippen LogP contribution >= 0.6 is 24.0 Å². The summed E-state index contributed by atoms with van der Waals surface area (Å²) >= 11 is 6.71. The second-order valence-corrected chi connectivity index (χ2v) is 10.9. The number of carbonyl (C=O) groups is 3. The Balaban J connectivity index is 1.43. The number of fused-ring (bicyclic) bond motifs is 1. The van der Waals surface area contributed by atoms with Crippen LogP contribution in [0.25, 0.3) is 5.57 Å². The SMILES string of the molecule is CCCCCCCCN1C(=O)/C(=C2/C(=O)N(CC(=O)NCCc3ccccc3)c3ccccc32)SC1=S. The number of nitrogens with one attached hydrogen (secondary N) is 1. The van der Waals surface area contributed by atoms with E-state index in [-0.39, 0.29) is 24.3 Å². The minimum absolute atomic E-state index is 0.105. The Bertz CT molecular complexity index is 1200. The van der Waals surface area contributed by atoms with Crippen molar-refractivity contribution in [1.82, 2.24) is 10.2 Å². The van der Waals surface area contributed by atoms with Gasteiger partial charge in [0.05, 0.1) is 16.2 Å². The summed E-state index contributed by atoms with van der Waals surface area (Å²) in [5, 5.41) is 2.91. The molecule has 3 amide bonds. The van der Waals surface area contributed by atoms with Gasteiger partial charge in [-0.3, -0.25) is 24.2 Å². The van der Waals surface area contributed by atoms with Gasteiger partial charge in [0.1, 0.15) is 10.9 Å². The fraction of sp³-hybridized carbons (Fsp3) is 0.379. The minimum Gasteiger partial charge on any atom is -0.354 e. The highest BCUT2D eigenvalue weighted by Gasteiger charge is 2.42. The summed E-state index contributed by atoms with van der Waals surface area (Å²) in [7, 11) is 0. The number of unbranched alkanes of at least 4 members (excludes halogenated alkanes) is 5. The summed E-state index contributed by atoms with van der Waals surface area (Å²) in [6, 6.07) is 17.2. The molecule has 0 bridgehead atoms. The number of hydrogen-bond donors (Lipinski definition) is 1. The van der Waals surface area contributed by atoms with Crippen LogP contribution < -0.4 is 10.2 Å². The molecule has 0 atom stereocenters. The van der Waals surface area contributed by atoms with E-state index in [1.165, 1.54) is 35.9 Å². The minimum atomic E-state index is -0.334. The molecule has 2 aliphatic heterocycles. The first-order valence-corrected chi connectivity index (χ1v) is 14.2. The fourth-order valence-corrected chi connectivity index (χ4v) is 6.02. The molecule has 1 N–H and O–H groups in total. The molecule has 2 aliphatic rings. The second kappa shape index (κ2) is 13.0. The van der Waals surface area contributed by atoms with Crippen LogP contribution in [0, 0.1) is 0 Å². The third kappa shape index (κ3) is 6.48. The van der Waals surface area contributed by atoms with E-state index in [4.69, 9.17) is 12.2 Å². The van der Waals surface area contributed by atoms with E-state index in [2.05, 4.69) is 12.2 Å². The first-order valence-electron chi connectivity index (χ1n) is 13.0. The van der Waals surface area contributed by atoms with E-state index in [9.17, 15) is 14.4 Å². The van der Waals surface area contributed by atoms with Gasteiger partial charge in [-0.25, -0.2) is 0 Å². The fourth-order valence-electron chi connectivity index (χ4n) is 4.64. The standard InChI is InChI=1S/C29H33N3O3S2/c1-2-3-4-5-6-12-19-31-28(35)26(37-29(31)36)25-22-15-10-11-16-23(22)32(27(25)34)20-24(33)30-18-17-21-13-8-7-9-14-21/h7-11,13-16H,2-6,12,17-20H2,1H3,(H,30,33)/b26-25-. The number of anilines is 1. The number of carbonyl (C=O) groups excluding carboxylic acids is 3. The van der Waals surface area contributed by atoms with Crippen LogP contribution in [0.15, 0.2) is 59.5 Å². The second-order valence-electron chi connectivity index (χ2n) is 9.29. The molecule has 6 nitrogen and oxygen atoms in total. The molecule has 2 aromatic rings. The Labute approximate surface area is 228 Å². The number of nitrogens with zero attached hydrogens (tertiary/aromatic N) is 2. The van der Waals surface area contributed by atoms with Gasteiger partial charge in [-0.1, -0.05) is 112 Å². The van der Waals surface area contributed by atoms with E-state index >= 15 is 0 Å². The van der Waals surface area contributed by atoms with Crippen LogP contribution in [0.4, 0.5) is 5.69 Å². The molecular formula is C29H33N3O3S2. The highest BCUT2D eigenvalue weighted by atomic mass is 32.2. The lowest BCUT2D eigenvalue weighted by Gasteiger charge is -2.17. The van der Waals surface area contributed by atoms with E-state index in [0.29, 0.717) is 45.6 Å². The van der Waals surface area contributed by atoms with Gasteiger partial charge < -0.3 is 5.32 Å². The van der Waals surface area contributed by atoms with Crippen LogP contribution in [0.2, 0.25) is 0 Å². The molecule has 2 heterocycles. The molecule has 0 saturated carbocycles. The van der Waals surface area contributed by atoms with Crippen molar-refractivity contribution >= 4 is 57.3 Å². The van der Waals surface area contributed by atoms with Crippen molar-refractivity contribution in [2.45, 2.75) is 51.9 Å². The zero-order valence-corrected chi connectivity index (χ0v) is 22.8. The lowest BCUT2D eigenvalue weighted by atomic mass is 10.1. The van der Waals surface area contributed by atoms with Crippen molar-refractivity contribution < 1.29 is 14.4 Å². The number of thioether (sulfide) groups is 1. The van der Waals surface area contributed by atoms with E-state index in [1.54, 1.807) is 4.90 Å². The molecule has 0 aliphatic carbocycles. The van der Waals surface area contributed by atoms with Crippen molar-refractivity contribution in [3.05, 3.63) is 70.6 Å². The summed E-state index contributed by atoms with van der Waals surface area (Å²) in [4.78, 5) is 43.1. The molecule has 0 spiro atoms. The molecule has 1 fully saturated rings. The van der Waals surface area contributed by atoms with Crippen LogP contribution in [0.1, 0.15) is 56.6 Å². The Kier molecular flexibility index (Phi) is 9.52. The molecule has 0 unspecified atom stereocenters. The largest absolute Gasteiger partial charge is 0.354 e. The zero-order chi connectivity index (χ0) is 26.2. The first kappa shape index (κ1) is 27.1. The summed E-state index contributed by atoms with van der Waals surface area (Å²) in [5.74, 6) is -0.786. The molecule has 0 radical (unpaired) electrons. The van der Waals surface area contributed by atoms with Gasteiger partial charge in [0.15, 0.2) is 0 Å². The normalized spacial score (nSPS) is 17.1. The molecule has 4 rings (SSSR count). The van der Waals surface area contributed by atoms with Crippen LogP contribution in [-0.4, -0.2) is 46.6 Å². The van der Waals surface area contributed by atoms with Crippen molar-refractivity contribution in [3.63, 3.8) is 0 Å². The lowest BCUT2D eigenvalue weighted by molar-refractivity contribution is -0.122. The third-order valence-electron chi connectivity index (χ3n) is 6.62. The van der Waals surface area contributed by atoms with Gasteiger partial charge in [0.2, 0.25) is 5.91 Å². The number of hydrogen-bond acceptors (Lipinski definition) is 5. The van der Waals surface area contributed by atoms with Gasteiger partial charge in [-0.2, -0.15) is 0 Å². The third-order valence-corrected chi connectivity index (χ3v) is 8.06. The number of rotatable bonds is 12. The topological polar surface area (TPSA) is 69.7 Å². The molecule has 8 heteroatoms. The van der Waals surface area contributed by atoms with E-state index in [1.807, 2.05) is 54.6 Å². The Morgan fingerprint density at radius 2 is 1.59 bits per heavy atom. The van der Waals surface area contributed by atoms with Gasteiger partial charge in [-0.15, -0.1) is 0 Å². The van der Waals surface area contributed by atoms with Crippen LogP contribution in [0.3, 0.4) is 0 Å². The van der Waals surface area contributed by atoms with Crippen molar-refractivity contribution in [1.29, 1.82) is 0 Å². The maximum Gasteiger partial charge on any atom is 0.267 e. The summed E-state index contributed by atoms with van der Waals surface area (Å²) < 4.78 is 0.489. The molecule has 194 valence electrons. The Morgan fingerprint density at radius 3 is 2.38 bits per heavy atom. The van der Waals surface area contributed by atoms with Gasteiger partial charge in [0.25, 0.3) is 11.8 Å². The van der Waals surface area contributed by atoms with E-state index in [0.717, 1.165) is 24.8 Å². The lowest BCUT2D eigenvalue weighted by Crippen LogP contribution is -2.39. The number of benzene rings is 2. The smallest absolute Gasteiger partial charge is 0.267 e. The number of thiocarbonyl (C=S) groups is 1. The van der Waals surface area contributed by atoms with Crippen LogP contribution in [0.5, 0.6) is 0 Å². The van der Waals surface area contributed by atoms with Crippen molar-refractivity contribution in [3.8, 4) is 0 Å². The average Bonchev–Trinajstić information content (AvgIpc) is 3.33. The molecule has 0 aromatic heterocycles. The number of para-hydroxylation sites is 1. The Morgan fingerprint density at radius 1 is 0.892 bits per heavy atom. The highest BCUT2D eigenvalue weighted by Crippen LogP contribution is 2.44. The predicted molar refractivity (Wildman–Crippen MR) is 154 cm³/mol. The molecule has 1 saturated heterocycles. The summed E-state index contributed by atoms with van der Waals surface area (Å²) in [5.41, 5.74) is 2.79. The van der Waals surface area contributed by atoms with Crippen molar-refractivity contribution in [2.75, 3.05) is 24.5 Å². The highest BCUT2D eigenvalue weighted by molar-refractivity contribution is 8.26. The Hall–Kier alpha value is -2.97. The molecule has 37 heavy (non-hydrogen) atoms. The van der Waals surface area contributed by atoms with Gasteiger partial charge in [0, 0.05) is 18.7 Å². The number of amides is 3. The van der Waals surface area contributed by atoms with Gasteiger partial charge >= 0.3 is 0 Å². The zero-order valence-electron chi connectivity index (χ0n) is 21.2. The summed E-state index contributed by atoms with van der Waals surface area (Å²) in [6.45, 7) is 3.13. The predicted octanol–water partition coefficient (Wildman–Crippen LogP) is 5.32. The average molecular weight is 536 g/mol. The van der Waals surface area contributed by atoms with E-state index < -0.39 is 0 Å². The quantitative estimate of drug-likeness (QED) is 0.226. The maximum atomic E-state index is 13.6. The first-order chi connectivity index (χ1) is 18.0. The van der Waals surface area contributed by atoms with Crippen LogP contribution in [-0.2, 0) is 20.8 Å². The monoisotopic (exact) mass is 535 g/mol. The molecule has 2 aromatic carbocycles. The maximum absolute atomic E-state index is 13.6. The summed E-state index contributed by atoms with van der Waals surface area (Å²) in [6.07, 6.45) is 7.44. The van der Waals surface area contributed by atoms with Gasteiger partial charge in [-0.05, 0) is 24.5 Å². The van der Waals surface area contributed by atoms with Crippen molar-refractivity contribution in [2.24, 2.45) is 0 Å². The molecular weight excluding hydrogens is 502 g/mol.